The summed E-state index contributed by atoms with van der Waals surface area (Å²) < 4.78 is 5.38. The summed E-state index contributed by atoms with van der Waals surface area (Å²) in [5, 5.41) is 0.227. The average Bonchev–Trinajstić information content (AvgIpc) is 3.28. The number of unbranched alkanes of at least 4 members (excludes halogenated alkanes) is 11. The minimum Gasteiger partial charge on any atom is -0.360 e. The predicted molar refractivity (Wildman–Crippen MR) is 92.9 cm³/mol. The highest BCUT2D eigenvalue weighted by atomic mass is 32.2. The van der Waals surface area contributed by atoms with Gasteiger partial charge in [-0.25, -0.2) is 0 Å². The maximum Gasteiger partial charge on any atom is 0.222 e. The van der Waals surface area contributed by atoms with Gasteiger partial charge >= 0.3 is 0 Å². The van der Waals surface area contributed by atoms with Crippen molar-refractivity contribution in [1.29, 1.82) is 0 Å². The second-order valence-corrected chi connectivity index (χ2v) is 7.19. The lowest BCUT2D eigenvalue weighted by molar-refractivity contribution is -0.115. The van der Waals surface area contributed by atoms with Gasteiger partial charge in [0.15, 0.2) is 5.60 Å². The van der Waals surface area contributed by atoms with Crippen molar-refractivity contribution in [2.24, 2.45) is 0 Å². The van der Waals surface area contributed by atoms with Crippen LogP contribution >= 0.6 is 11.8 Å². The van der Waals surface area contributed by atoms with Crippen LogP contribution in [0.15, 0.2) is 0 Å². The zero-order chi connectivity index (χ0) is 15.4. The Morgan fingerprint density at radius 3 is 1.71 bits per heavy atom. The Kier molecular flexibility index (Phi) is 10.5. The maximum absolute atomic E-state index is 11.7. The number of rotatable bonds is 14. The Morgan fingerprint density at radius 2 is 1.33 bits per heavy atom. The standard InChI is InChI=1S/C18H34O2S/c1-3-4-5-6-7-8-9-10-11-12-13-14-15-18(16-20-18)17(19)21-2/h3-16H2,1-2H3. The lowest BCUT2D eigenvalue weighted by atomic mass is 10.0. The van der Waals surface area contributed by atoms with Crippen LogP contribution in [0.3, 0.4) is 0 Å². The zero-order valence-corrected chi connectivity index (χ0v) is 14.9. The van der Waals surface area contributed by atoms with Crippen molar-refractivity contribution in [2.75, 3.05) is 12.9 Å². The van der Waals surface area contributed by atoms with E-state index in [2.05, 4.69) is 6.92 Å². The van der Waals surface area contributed by atoms with Crippen LogP contribution in [0.1, 0.15) is 90.4 Å². The minimum atomic E-state index is -0.377. The fraction of sp³-hybridized carbons (Fsp3) is 0.944. The first-order valence-electron chi connectivity index (χ1n) is 8.97. The van der Waals surface area contributed by atoms with Gasteiger partial charge in [-0.2, -0.15) is 0 Å². The van der Waals surface area contributed by atoms with Gasteiger partial charge in [0, 0.05) is 0 Å². The van der Waals surface area contributed by atoms with Crippen LogP contribution in [-0.2, 0) is 9.53 Å². The molecule has 0 spiro atoms. The second kappa shape index (κ2) is 11.5. The van der Waals surface area contributed by atoms with E-state index in [0.717, 1.165) is 12.8 Å². The predicted octanol–water partition coefficient (Wildman–Crippen LogP) is 5.74. The largest absolute Gasteiger partial charge is 0.360 e. The first-order chi connectivity index (χ1) is 10.2. The van der Waals surface area contributed by atoms with E-state index in [4.69, 9.17) is 4.74 Å². The van der Waals surface area contributed by atoms with Gasteiger partial charge in [-0.05, 0) is 19.1 Å². The number of epoxide rings is 1. The van der Waals surface area contributed by atoms with E-state index >= 15 is 0 Å². The molecule has 0 bridgehead atoms. The second-order valence-electron chi connectivity index (χ2n) is 6.41. The van der Waals surface area contributed by atoms with Crippen molar-refractivity contribution in [3.63, 3.8) is 0 Å². The van der Waals surface area contributed by atoms with Crippen molar-refractivity contribution in [3.8, 4) is 0 Å². The molecule has 1 aliphatic rings. The van der Waals surface area contributed by atoms with Gasteiger partial charge < -0.3 is 4.74 Å². The average molecular weight is 315 g/mol. The van der Waals surface area contributed by atoms with E-state index < -0.39 is 0 Å². The van der Waals surface area contributed by atoms with Crippen molar-refractivity contribution in [1.82, 2.24) is 0 Å². The molecule has 0 N–H and O–H groups in total. The molecule has 1 heterocycles. The van der Waals surface area contributed by atoms with Crippen molar-refractivity contribution in [3.05, 3.63) is 0 Å². The number of carbonyl (C=O) groups is 1. The van der Waals surface area contributed by atoms with Gasteiger partial charge in [0.05, 0.1) is 6.61 Å². The van der Waals surface area contributed by atoms with Crippen LogP contribution in [0.4, 0.5) is 0 Å². The molecule has 21 heavy (non-hydrogen) atoms. The molecule has 0 saturated carbocycles. The molecule has 0 amide bonds. The molecular formula is C18H34O2S. The molecule has 1 atom stereocenters. The normalized spacial score (nSPS) is 20.7. The fourth-order valence-electron chi connectivity index (χ4n) is 2.89. The summed E-state index contributed by atoms with van der Waals surface area (Å²) in [6, 6.07) is 0. The van der Waals surface area contributed by atoms with Gasteiger partial charge in [0.1, 0.15) is 0 Å². The summed E-state index contributed by atoms with van der Waals surface area (Å²) in [4.78, 5) is 11.7. The van der Waals surface area contributed by atoms with Crippen molar-refractivity contribution < 1.29 is 9.53 Å². The molecule has 0 aromatic rings. The Hall–Kier alpha value is -0.0200. The Balaban J connectivity index is 1.80. The molecular weight excluding hydrogens is 280 g/mol. The highest BCUT2D eigenvalue weighted by molar-refractivity contribution is 8.13. The van der Waals surface area contributed by atoms with Crippen LogP contribution in [0, 0.1) is 0 Å². The quantitative estimate of drug-likeness (QED) is 0.302. The molecule has 1 rings (SSSR count). The topological polar surface area (TPSA) is 29.6 Å². The third-order valence-corrected chi connectivity index (χ3v) is 5.23. The highest BCUT2D eigenvalue weighted by Crippen LogP contribution is 2.37. The van der Waals surface area contributed by atoms with Crippen LogP contribution < -0.4 is 0 Å². The lowest BCUT2D eigenvalue weighted by Gasteiger charge is -2.08. The number of hydrogen-bond donors (Lipinski definition) is 0. The molecule has 0 radical (unpaired) electrons. The number of hydrogen-bond acceptors (Lipinski definition) is 3. The molecule has 1 saturated heterocycles. The molecule has 0 aromatic heterocycles. The number of ether oxygens (including phenoxy) is 1. The summed E-state index contributed by atoms with van der Waals surface area (Å²) in [6.45, 7) is 2.93. The summed E-state index contributed by atoms with van der Waals surface area (Å²) in [5.41, 5.74) is -0.377. The Morgan fingerprint density at radius 1 is 0.905 bits per heavy atom. The van der Waals surface area contributed by atoms with Crippen LogP contribution in [-0.4, -0.2) is 23.6 Å². The fourth-order valence-corrected chi connectivity index (χ4v) is 3.48. The molecule has 1 aliphatic heterocycles. The van der Waals surface area contributed by atoms with E-state index in [-0.39, 0.29) is 10.7 Å². The number of thioether (sulfide) groups is 1. The zero-order valence-electron chi connectivity index (χ0n) is 14.1. The molecule has 0 aliphatic carbocycles. The van der Waals surface area contributed by atoms with E-state index in [1.807, 2.05) is 6.26 Å². The van der Waals surface area contributed by atoms with Gasteiger partial charge in [-0.1, -0.05) is 89.3 Å². The van der Waals surface area contributed by atoms with Gasteiger partial charge in [-0.15, -0.1) is 0 Å². The first-order valence-corrected chi connectivity index (χ1v) is 10.2. The van der Waals surface area contributed by atoms with E-state index in [1.54, 1.807) is 0 Å². The van der Waals surface area contributed by atoms with E-state index in [0.29, 0.717) is 6.61 Å². The maximum atomic E-state index is 11.7. The first kappa shape index (κ1) is 19.0. The molecule has 1 fully saturated rings. The minimum absolute atomic E-state index is 0.227. The summed E-state index contributed by atoms with van der Waals surface area (Å²) >= 11 is 1.31. The van der Waals surface area contributed by atoms with Gasteiger partial charge in [0.2, 0.25) is 5.12 Å². The molecule has 3 heteroatoms. The third-order valence-electron chi connectivity index (χ3n) is 4.48. The van der Waals surface area contributed by atoms with Crippen LogP contribution in [0.5, 0.6) is 0 Å². The Labute approximate surface area is 135 Å². The summed E-state index contributed by atoms with van der Waals surface area (Å²) in [6.07, 6.45) is 19.1. The smallest absolute Gasteiger partial charge is 0.222 e. The van der Waals surface area contributed by atoms with E-state index in [1.165, 1.54) is 82.4 Å². The van der Waals surface area contributed by atoms with Gasteiger partial charge in [-0.3, -0.25) is 4.79 Å². The Bertz CT molecular complexity index is 274. The van der Waals surface area contributed by atoms with Crippen LogP contribution in [0.2, 0.25) is 0 Å². The monoisotopic (exact) mass is 314 g/mol. The van der Waals surface area contributed by atoms with Gasteiger partial charge in [0.25, 0.3) is 0 Å². The van der Waals surface area contributed by atoms with Crippen molar-refractivity contribution in [2.45, 2.75) is 96.0 Å². The molecule has 124 valence electrons. The molecule has 2 nitrogen and oxygen atoms in total. The lowest BCUT2D eigenvalue weighted by Crippen LogP contribution is -2.21. The summed E-state index contributed by atoms with van der Waals surface area (Å²) in [7, 11) is 0. The third kappa shape index (κ3) is 8.25. The molecule has 1 unspecified atom stereocenters. The highest BCUT2D eigenvalue weighted by Gasteiger charge is 2.50. The van der Waals surface area contributed by atoms with Crippen LogP contribution in [0.25, 0.3) is 0 Å². The van der Waals surface area contributed by atoms with Crippen molar-refractivity contribution >= 4 is 16.9 Å². The number of carbonyl (C=O) groups excluding carboxylic acids is 1. The SMILES string of the molecule is CCCCCCCCCCCCCCC1(C(=O)SC)CO1. The molecule has 0 aromatic carbocycles. The summed E-state index contributed by atoms with van der Waals surface area (Å²) in [5.74, 6) is 0. The van der Waals surface area contributed by atoms with E-state index in [9.17, 15) is 4.79 Å².